The summed E-state index contributed by atoms with van der Waals surface area (Å²) in [6.45, 7) is 7.13. The number of Topliss-reactive ketones (excluding diaryl/α,β-unsaturated/α-hetero) is 1. The van der Waals surface area contributed by atoms with Crippen LogP contribution in [0.25, 0.3) is 0 Å². The first-order valence-corrected chi connectivity index (χ1v) is 22.0. The number of nitrogens with one attached hydrogen (secondary N) is 4. The summed E-state index contributed by atoms with van der Waals surface area (Å²) in [4.78, 5) is 83.0. The van der Waals surface area contributed by atoms with Crippen molar-refractivity contribution in [2.45, 2.75) is 95.3 Å². The lowest BCUT2D eigenvalue weighted by molar-refractivity contribution is -0.132. The predicted octanol–water partition coefficient (Wildman–Crippen LogP) is 3.45. The summed E-state index contributed by atoms with van der Waals surface area (Å²) in [7, 11) is 2.56. The first kappa shape index (κ1) is 39.8. The molecule has 8 bridgehead atoms. The molecule has 288 valence electrons. The van der Waals surface area contributed by atoms with Crippen molar-refractivity contribution in [2.75, 3.05) is 11.5 Å². The van der Waals surface area contributed by atoms with Gasteiger partial charge in [-0.05, 0) is 38.2 Å². The molecule has 2 unspecified atom stereocenters. The van der Waals surface area contributed by atoms with Crippen molar-refractivity contribution < 1.29 is 33.8 Å². The van der Waals surface area contributed by atoms with Crippen molar-refractivity contribution in [3.8, 4) is 0 Å². The minimum atomic E-state index is -1.36. The normalized spacial score (nSPS) is 27.7. The predicted molar refractivity (Wildman–Crippen MR) is 210 cm³/mol. The zero-order chi connectivity index (χ0) is 38.5. The molecule has 54 heavy (non-hydrogen) atoms. The minimum absolute atomic E-state index is 0.0561. The van der Waals surface area contributed by atoms with Gasteiger partial charge in [-0.2, -0.15) is 0 Å². The van der Waals surface area contributed by atoms with E-state index in [9.17, 15) is 29.1 Å². The fraction of sp³-hybridized carbons (Fsp3) is 0.500. The Morgan fingerprint density at radius 1 is 0.833 bits per heavy atom. The zero-order valence-corrected chi connectivity index (χ0v) is 33.4. The molecule has 0 aliphatic carbocycles. The zero-order valence-electron chi connectivity index (χ0n) is 30.1. The Hall–Kier alpha value is -3.84. The van der Waals surface area contributed by atoms with Crippen LogP contribution in [0.15, 0.2) is 46.1 Å². The van der Waals surface area contributed by atoms with Gasteiger partial charge in [0.1, 0.15) is 46.7 Å². The summed E-state index contributed by atoms with van der Waals surface area (Å²) in [5.41, 5.74) is 1.21. The number of ketones is 1. The lowest BCUT2D eigenvalue weighted by atomic mass is 9.91. The number of hydrogen-bond acceptors (Lipinski definition) is 14. The highest BCUT2D eigenvalue weighted by atomic mass is 33.1. The first-order valence-electron chi connectivity index (χ1n) is 17.7. The van der Waals surface area contributed by atoms with Crippen LogP contribution in [-0.4, -0.2) is 98.3 Å². The standard InChI is InChI=1S/C36H43N7O7S4/c1-17(2)10-22-36-41-24(14-52-36)31(47)39-26-16-54-53-15-25(32(48)42-28(18(3)44)33(49)37-22)38-30(46)23-13-51-35(40-23)21(11-20-8-6-5-7-9-20)12-27(45)29-19(4)50-34(26)43-29/h5-9,13-14,17-19,21-22,25-26,28-29,44H,10-12,15-16H2,1-4H3,(H,37,49)(H,38,46)(H,39,47)(H,42,48)/t18-,19+,21-,22+,25?,26-,28?,29-/m0/s1. The Bertz CT molecular complexity index is 1880. The number of amides is 4. The van der Waals surface area contributed by atoms with Crippen LogP contribution in [0.4, 0.5) is 0 Å². The van der Waals surface area contributed by atoms with Gasteiger partial charge in [0.25, 0.3) is 11.8 Å². The smallest absolute Gasteiger partial charge is 0.271 e. The van der Waals surface area contributed by atoms with Crippen molar-refractivity contribution >= 4 is 79.6 Å². The number of nitrogens with zero attached hydrogens (tertiary/aromatic N) is 3. The lowest BCUT2D eigenvalue weighted by Gasteiger charge is -2.27. The topological polar surface area (TPSA) is 201 Å². The molecule has 1 aromatic carbocycles. The second-order valence-corrected chi connectivity index (χ2v) is 18.3. The Morgan fingerprint density at radius 3 is 2.13 bits per heavy atom. The third kappa shape index (κ3) is 9.69. The van der Waals surface area contributed by atoms with Crippen molar-refractivity contribution in [3.63, 3.8) is 0 Å². The van der Waals surface area contributed by atoms with Crippen LogP contribution in [0.2, 0.25) is 0 Å². The largest absolute Gasteiger partial charge is 0.474 e. The molecule has 0 saturated heterocycles. The van der Waals surface area contributed by atoms with Crippen molar-refractivity contribution in [1.29, 1.82) is 0 Å². The average molecular weight is 814 g/mol. The number of rotatable bonds is 5. The van der Waals surface area contributed by atoms with Gasteiger partial charge in [0.05, 0.1) is 17.2 Å². The van der Waals surface area contributed by atoms with E-state index in [1.165, 1.54) is 51.2 Å². The molecule has 4 amide bonds. The maximum Gasteiger partial charge on any atom is 0.271 e. The van der Waals surface area contributed by atoms with Gasteiger partial charge < -0.3 is 31.1 Å². The number of thiazole rings is 2. The molecule has 8 atom stereocenters. The number of carbonyl (C=O) groups excluding carboxylic acids is 5. The van der Waals surface area contributed by atoms with E-state index < -0.39 is 66.0 Å². The minimum Gasteiger partial charge on any atom is -0.474 e. The third-order valence-corrected chi connectivity index (χ3v) is 13.5. The molecule has 0 saturated carbocycles. The molecule has 5 N–H and O–H groups in total. The number of aliphatic hydroxyl groups is 1. The number of fused-ring (bicyclic) bond motifs is 11. The number of carbonyl (C=O) groups is 5. The second-order valence-electron chi connectivity index (χ2n) is 14.0. The first-order chi connectivity index (χ1) is 25.9. The fourth-order valence-electron chi connectivity index (χ4n) is 6.34. The second kappa shape index (κ2) is 17.7. The third-order valence-electron chi connectivity index (χ3n) is 9.14. The quantitative estimate of drug-likeness (QED) is 0.237. The van der Waals surface area contributed by atoms with Gasteiger partial charge in [0, 0.05) is 34.6 Å². The van der Waals surface area contributed by atoms with E-state index in [0.717, 1.165) is 5.56 Å². The highest BCUT2D eigenvalue weighted by molar-refractivity contribution is 8.76. The van der Waals surface area contributed by atoms with Crippen LogP contribution in [0, 0.1) is 5.92 Å². The Kier molecular flexibility index (Phi) is 13.1. The van der Waals surface area contributed by atoms with Crippen LogP contribution in [0.5, 0.6) is 0 Å². The summed E-state index contributed by atoms with van der Waals surface area (Å²) in [6, 6.07) is 4.96. The van der Waals surface area contributed by atoms with Gasteiger partial charge in [-0.15, -0.1) is 22.7 Å². The van der Waals surface area contributed by atoms with Crippen LogP contribution in [0.3, 0.4) is 0 Å². The van der Waals surface area contributed by atoms with E-state index in [4.69, 9.17) is 9.73 Å². The Morgan fingerprint density at radius 2 is 1.46 bits per heavy atom. The molecular weight excluding hydrogens is 771 g/mol. The van der Waals surface area contributed by atoms with E-state index >= 15 is 0 Å². The molecule has 5 heterocycles. The molecule has 18 heteroatoms. The summed E-state index contributed by atoms with van der Waals surface area (Å²) >= 11 is 2.46. The Balaban J connectivity index is 1.41. The summed E-state index contributed by atoms with van der Waals surface area (Å²) in [6.07, 6.45) is -0.859. The van der Waals surface area contributed by atoms with Gasteiger partial charge in [-0.25, -0.2) is 15.0 Å². The van der Waals surface area contributed by atoms with Crippen LogP contribution in [0.1, 0.15) is 89.1 Å². The van der Waals surface area contributed by atoms with Gasteiger partial charge in [0.2, 0.25) is 17.7 Å². The SMILES string of the molecule is CC(C)C[C@H]1NC(=O)C([C@H](C)O)NC(=O)C2CSSC[C@H](NC(=O)c3csc1n3)C1=N[C@H](C(=O)C[C@H](Cc3ccccc3)c3nc(cs3)C(=O)N2)[C@@H](C)O1. The summed E-state index contributed by atoms with van der Waals surface area (Å²) in [5, 5.41) is 26.3. The molecule has 0 fully saturated rings. The highest BCUT2D eigenvalue weighted by Crippen LogP contribution is 2.32. The van der Waals surface area contributed by atoms with Crippen LogP contribution < -0.4 is 21.3 Å². The van der Waals surface area contributed by atoms with E-state index in [-0.39, 0.29) is 52.8 Å². The van der Waals surface area contributed by atoms with Crippen molar-refractivity contribution in [3.05, 3.63) is 68.1 Å². The van der Waals surface area contributed by atoms with Gasteiger partial charge >= 0.3 is 0 Å². The van der Waals surface area contributed by atoms with Crippen molar-refractivity contribution in [1.82, 2.24) is 31.2 Å². The monoisotopic (exact) mass is 813 g/mol. The molecule has 2 aromatic heterocycles. The summed E-state index contributed by atoms with van der Waals surface area (Å²) in [5.74, 6) is -2.33. The number of ether oxygens (including phenoxy) is 1. The van der Waals surface area contributed by atoms with E-state index in [0.29, 0.717) is 22.9 Å². The number of aliphatic imine (C=N–C) groups is 1. The molecule has 3 aromatic rings. The van der Waals surface area contributed by atoms with Crippen molar-refractivity contribution in [2.24, 2.45) is 10.9 Å². The summed E-state index contributed by atoms with van der Waals surface area (Å²) < 4.78 is 6.19. The number of benzene rings is 1. The molecule has 6 rings (SSSR count). The average Bonchev–Trinajstić information content (AvgIpc) is 3.90. The molecule has 14 nitrogen and oxygen atoms in total. The number of aliphatic hydroxyl groups excluding tert-OH is 1. The van der Waals surface area contributed by atoms with Crippen LogP contribution >= 0.6 is 44.3 Å². The lowest BCUT2D eigenvalue weighted by Crippen LogP contribution is -2.58. The van der Waals surface area contributed by atoms with Gasteiger partial charge in [-0.3, -0.25) is 24.0 Å². The molecule has 0 radical (unpaired) electrons. The van der Waals surface area contributed by atoms with E-state index in [1.54, 1.807) is 17.7 Å². The highest BCUT2D eigenvalue weighted by Gasteiger charge is 2.39. The van der Waals surface area contributed by atoms with E-state index in [1.807, 2.05) is 44.2 Å². The maximum absolute atomic E-state index is 14.0. The fourth-order valence-corrected chi connectivity index (χ4v) is 10.4. The Labute approximate surface area is 328 Å². The molecule has 3 aliphatic rings. The van der Waals surface area contributed by atoms with Gasteiger partial charge in [0.15, 0.2) is 5.78 Å². The number of hydrogen-bond donors (Lipinski definition) is 5. The molecular formula is C36H43N7O7S4. The maximum atomic E-state index is 14.0. The number of aromatic nitrogens is 2. The van der Waals surface area contributed by atoms with Crippen LogP contribution in [-0.2, 0) is 25.5 Å². The molecule has 0 spiro atoms. The molecule has 3 aliphatic heterocycles. The van der Waals surface area contributed by atoms with E-state index in [2.05, 4.69) is 31.2 Å². The van der Waals surface area contributed by atoms with Gasteiger partial charge in [-0.1, -0.05) is 65.8 Å².